The van der Waals surface area contributed by atoms with Crippen molar-refractivity contribution in [2.45, 2.75) is 64.3 Å². The molecule has 1 aromatic rings. The van der Waals surface area contributed by atoms with Gasteiger partial charge in [0.15, 0.2) is 5.11 Å². The van der Waals surface area contributed by atoms with Crippen LogP contribution in [0.15, 0.2) is 24.3 Å². The molecule has 4 aliphatic carbocycles. The van der Waals surface area contributed by atoms with Crippen LogP contribution in [0.5, 0.6) is 0 Å². The summed E-state index contributed by atoms with van der Waals surface area (Å²) in [6, 6.07) is 8.29. The first-order chi connectivity index (χ1) is 12.1. The Morgan fingerprint density at radius 2 is 1.84 bits per heavy atom. The summed E-state index contributed by atoms with van der Waals surface area (Å²) in [4.78, 5) is 0. The zero-order valence-corrected chi connectivity index (χ0v) is 16.6. The van der Waals surface area contributed by atoms with E-state index in [0.29, 0.717) is 11.5 Å². The molecule has 0 heterocycles. The molecule has 5 rings (SSSR count). The van der Waals surface area contributed by atoms with Crippen LogP contribution in [0.1, 0.15) is 58.3 Å². The predicted octanol–water partition coefficient (Wildman–Crippen LogP) is 6.01. The molecule has 0 radical (unpaired) electrons. The Hall–Kier alpha value is -0.800. The van der Waals surface area contributed by atoms with Gasteiger partial charge >= 0.3 is 0 Å². The van der Waals surface area contributed by atoms with Crippen molar-refractivity contribution in [3.05, 3.63) is 29.3 Å². The summed E-state index contributed by atoms with van der Waals surface area (Å²) < 4.78 is 0. The van der Waals surface area contributed by atoms with Gasteiger partial charge in [-0.3, -0.25) is 0 Å². The van der Waals surface area contributed by atoms with Crippen LogP contribution in [-0.2, 0) is 0 Å². The second-order valence-electron chi connectivity index (χ2n) is 8.73. The van der Waals surface area contributed by atoms with Crippen LogP contribution in [0.3, 0.4) is 0 Å². The third-order valence-corrected chi connectivity index (χ3v) is 7.24. The van der Waals surface area contributed by atoms with Crippen molar-refractivity contribution in [1.29, 1.82) is 0 Å². The van der Waals surface area contributed by atoms with E-state index in [1.165, 1.54) is 51.4 Å². The van der Waals surface area contributed by atoms with E-state index in [4.69, 9.17) is 23.8 Å². The predicted molar refractivity (Wildman–Crippen MR) is 110 cm³/mol. The van der Waals surface area contributed by atoms with Crippen molar-refractivity contribution in [3.63, 3.8) is 0 Å². The SMILES string of the molecule is CCCC(NC(=S)Nc1cccc(Cl)c1)C12CC3CC(CC(C3)C1)C2. The molecule has 25 heavy (non-hydrogen) atoms. The summed E-state index contributed by atoms with van der Waals surface area (Å²) in [5.41, 5.74) is 1.44. The molecule has 0 amide bonds. The molecule has 4 heteroatoms. The van der Waals surface area contributed by atoms with Gasteiger partial charge in [-0.25, -0.2) is 0 Å². The van der Waals surface area contributed by atoms with E-state index in [0.717, 1.165) is 33.6 Å². The van der Waals surface area contributed by atoms with E-state index in [2.05, 4.69) is 17.6 Å². The van der Waals surface area contributed by atoms with Crippen molar-refractivity contribution in [3.8, 4) is 0 Å². The molecule has 0 spiro atoms. The highest BCUT2D eigenvalue weighted by atomic mass is 35.5. The first-order valence-corrected chi connectivity index (χ1v) is 10.7. The van der Waals surface area contributed by atoms with E-state index in [-0.39, 0.29) is 0 Å². The Kier molecular flexibility index (Phi) is 4.98. The van der Waals surface area contributed by atoms with Crippen molar-refractivity contribution >= 4 is 34.6 Å². The van der Waals surface area contributed by atoms with Gasteiger partial charge in [-0.05, 0) is 98.5 Å². The zero-order chi connectivity index (χ0) is 17.4. The minimum Gasteiger partial charge on any atom is -0.359 e. The zero-order valence-electron chi connectivity index (χ0n) is 15.1. The lowest BCUT2D eigenvalue weighted by molar-refractivity contribution is -0.0718. The molecule has 1 unspecified atom stereocenters. The Morgan fingerprint density at radius 3 is 2.40 bits per heavy atom. The average molecular weight is 377 g/mol. The number of halogens is 1. The minimum absolute atomic E-state index is 0.477. The topological polar surface area (TPSA) is 24.1 Å². The van der Waals surface area contributed by atoms with Gasteiger partial charge in [0.05, 0.1) is 0 Å². The summed E-state index contributed by atoms with van der Waals surface area (Å²) in [6.45, 7) is 2.29. The summed E-state index contributed by atoms with van der Waals surface area (Å²) in [5, 5.41) is 8.54. The smallest absolute Gasteiger partial charge is 0.171 e. The highest BCUT2D eigenvalue weighted by Gasteiger charge is 2.54. The molecule has 0 aliphatic heterocycles. The highest BCUT2D eigenvalue weighted by molar-refractivity contribution is 7.80. The number of benzene rings is 1. The summed E-state index contributed by atoms with van der Waals surface area (Å²) in [7, 11) is 0. The van der Waals surface area contributed by atoms with E-state index < -0.39 is 0 Å². The maximum absolute atomic E-state index is 6.09. The van der Waals surface area contributed by atoms with Crippen LogP contribution in [0.25, 0.3) is 0 Å². The normalized spacial score (nSPS) is 33.9. The van der Waals surface area contributed by atoms with Gasteiger partial charge in [-0.15, -0.1) is 0 Å². The third kappa shape index (κ3) is 3.68. The lowest BCUT2D eigenvalue weighted by atomic mass is 9.47. The molecule has 2 nitrogen and oxygen atoms in total. The number of nitrogens with one attached hydrogen (secondary N) is 2. The molecular formula is C21H29ClN2S. The highest BCUT2D eigenvalue weighted by Crippen LogP contribution is 2.61. The molecule has 0 saturated heterocycles. The molecular weight excluding hydrogens is 348 g/mol. The van der Waals surface area contributed by atoms with E-state index in [1.807, 2.05) is 24.3 Å². The lowest BCUT2D eigenvalue weighted by Gasteiger charge is -2.59. The van der Waals surface area contributed by atoms with Gasteiger partial charge in [-0.2, -0.15) is 0 Å². The van der Waals surface area contributed by atoms with E-state index in [1.54, 1.807) is 0 Å². The number of hydrogen-bond acceptors (Lipinski definition) is 1. The fourth-order valence-electron chi connectivity index (χ4n) is 6.32. The number of rotatable bonds is 5. The number of thiocarbonyl (C=S) groups is 1. The first kappa shape index (κ1) is 17.6. The van der Waals surface area contributed by atoms with Crippen molar-refractivity contribution < 1.29 is 0 Å². The Labute approximate surface area is 162 Å². The van der Waals surface area contributed by atoms with Gasteiger partial charge in [0.1, 0.15) is 0 Å². The van der Waals surface area contributed by atoms with Crippen LogP contribution in [0, 0.1) is 23.2 Å². The van der Waals surface area contributed by atoms with Gasteiger partial charge in [0.2, 0.25) is 0 Å². The van der Waals surface area contributed by atoms with Gasteiger partial charge in [0, 0.05) is 16.8 Å². The summed E-state index contributed by atoms with van der Waals surface area (Å²) in [6.07, 6.45) is 11.1. The summed E-state index contributed by atoms with van der Waals surface area (Å²) >= 11 is 11.8. The van der Waals surface area contributed by atoms with Gasteiger partial charge in [0.25, 0.3) is 0 Å². The first-order valence-electron chi connectivity index (χ1n) is 9.89. The molecule has 2 N–H and O–H groups in total. The second kappa shape index (κ2) is 7.08. The third-order valence-electron chi connectivity index (χ3n) is 6.79. The Bertz CT molecular complexity index is 609. The van der Waals surface area contributed by atoms with Gasteiger partial charge in [-0.1, -0.05) is 31.0 Å². The molecule has 4 fully saturated rings. The minimum atomic E-state index is 0.477. The lowest BCUT2D eigenvalue weighted by Crippen LogP contribution is -2.57. The largest absolute Gasteiger partial charge is 0.359 e. The van der Waals surface area contributed by atoms with Crippen LogP contribution in [0.4, 0.5) is 5.69 Å². The average Bonchev–Trinajstić information content (AvgIpc) is 2.53. The van der Waals surface area contributed by atoms with Crippen molar-refractivity contribution in [1.82, 2.24) is 5.32 Å². The van der Waals surface area contributed by atoms with Gasteiger partial charge < -0.3 is 10.6 Å². The molecule has 1 aromatic carbocycles. The molecule has 136 valence electrons. The number of hydrogen-bond donors (Lipinski definition) is 2. The van der Waals surface area contributed by atoms with Crippen molar-refractivity contribution in [2.24, 2.45) is 23.2 Å². The Morgan fingerprint density at radius 1 is 1.20 bits per heavy atom. The number of anilines is 1. The Balaban J connectivity index is 1.47. The maximum Gasteiger partial charge on any atom is 0.171 e. The van der Waals surface area contributed by atoms with Crippen LogP contribution in [-0.4, -0.2) is 11.2 Å². The van der Waals surface area contributed by atoms with E-state index >= 15 is 0 Å². The monoisotopic (exact) mass is 376 g/mol. The molecule has 4 aliphatic rings. The fourth-order valence-corrected chi connectivity index (χ4v) is 6.77. The fraction of sp³-hybridized carbons (Fsp3) is 0.667. The maximum atomic E-state index is 6.09. The molecule has 0 aromatic heterocycles. The quantitative estimate of drug-likeness (QED) is 0.615. The van der Waals surface area contributed by atoms with Crippen LogP contribution >= 0.6 is 23.8 Å². The standard InChI is InChI=1S/C21H29ClN2S/c1-2-4-19(24-20(25)23-18-6-3-5-17(22)10-18)21-11-14-7-15(12-21)9-16(8-14)13-21/h3,5-6,10,14-16,19H,2,4,7-9,11-13H2,1H3,(H2,23,24,25). The van der Waals surface area contributed by atoms with Crippen LogP contribution < -0.4 is 10.6 Å². The second-order valence-corrected chi connectivity index (χ2v) is 9.57. The van der Waals surface area contributed by atoms with Crippen molar-refractivity contribution in [2.75, 3.05) is 5.32 Å². The molecule has 4 saturated carbocycles. The summed E-state index contributed by atoms with van der Waals surface area (Å²) in [5.74, 6) is 2.92. The van der Waals surface area contributed by atoms with E-state index in [9.17, 15) is 0 Å². The molecule has 1 atom stereocenters. The van der Waals surface area contributed by atoms with Crippen LogP contribution in [0.2, 0.25) is 5.02 Å². The molecule has 4 bridgehead atoms.